The van der Waals surface area contributed by atoms with Crippen molar-refractivity contribution in [2.45, 2.75) is 57.0 Å². The summed E-state index contributed by atoms with van der Waals surface area (Å²) in [6, 6.07) is 20.3. The Morgan fingerprint density at radius 2 is 1.63 bits per heavy atom. The molecule has 3 heterocycles. The number of hydrogen-bond acceptors (Lipinski definition) is 5. The summed E-state index contributed by atoms with van der Waals surface area (Å²) in [7, 11) is 0. The Labute approximate surface area is 277 Å². The number of likely N-dealkylation sites (tertiary alicyclic amines) is 2. The summed E-state index contributed by atoms with van der Waals surface area (Å²) in [4.78, 5) is 56.4. The Morgan fingerprint density at radius 1 is 0.891 bits per heavy atom. The van der Waals surface area contributed by atoms with E-state index in [9.17, 15) is 19.2 Å². The third kappa shape index (κ3) is 7.29. The molecule has 0 bridgehead atoms. The number of piperidine rings is 2. The van der Waals surface area contributed by atoms with Gasteiger partial charge >= 0.3 is 0 Å². The van der Waals surface area contributed by atoms with E-state index in [2.05, 4.69) is 17.4 Å². The van der Waals surface area contributed by atoms with Crippen molar-refractivity contribution in [2.24, 2.45) is 0 Å². The van der Waals surface area contributed by atoms with Gasteiger partial charge in [-0.1, -0.05) is 59.6 Å². The van der Waals surface area contributed by atoms with Crippen molar-refractivity contribution in [2.75, 3.05) is 19.6 Å². The Kier molecular flexibility index (Phi) is 9.75. The zero-order valence-electron chi connectivity index (χ0n) is 25.3. The number of halogens is 2. The zero-order chi connectivity index (χ0) is 32.2. The quantitative estimate of drug-likeness (QED) is 0.237. The van der Waals surface area contributed by atoms with E-state index in [1.807, 2.05) is 29.2 Å². The van der Waals surface area contributed by atoms with Gasteiger partial charge in [-0.25, -0.2) is 0 Å². The van der Waals surface area contributed by atoms with E-state index in [4.69, 9.17) is 27.6 Å². The molecular formula is C36H35Cl2N3O5. The number of rotatable bonds is 8. The number of benzene rings is 3. The summed E-state index contributed by atoms with van der Waals surface area (Å²) < 4.78 is 5.75. The van der Waals surface area contributed by atoms with Crippen molar-refractivity contribution < 1.29 is 18.8 Å². The molecule has 0 saturated carbocycles. The summed E-state index contributed by atoms with van der Waals surface area (Å²) in [5.74, 6) is -0.608. The monoisotopic (exact) mass is 659 g/mol. The van der Waals surface area contributed by atoms with Crippen LogP contribution in [0.2, 0.25) is 10.0 Å². The highest BCUT2D eigenvalue weighted by Gasteiger charge is 2.32. The molecule has 4 aromatic rings. The molecule has 2 saturated heterocycles. The normalized spacial score (nSPS) is 16.4. The third-order valence-electron chi connectivity index (χ3n) is 8.96. The van der Waals surface area contributed by atoms with E-state index in [0.717, 1.165) is 49.4 Å². The fourth-order valence-electron chi connectivity index (χ4n) is 6.47. The van der Waals surface area contributed by atoms with Crippen LogP contribution in [0, 0.1) is 0 Å². The SMILES string of the molecule is O=C(N[C@H](Cc1ccc(Cl)cc1)C(=O)N1CCC(c2ccccc2CN2CCCCC2=O)CC1)c1cc(=O)c2ccc(Cl)cc2o1. The average Bonchev–Trinajstić information content (AvgIpc) is 3.06. The Morgan fingerprint density at radius 3 is 2.39 bits per heavy atom. The molecule has 2 aliphatic heterocycles. The first kappa shape index (κ1) is 31.8. The maximum Gasteiger partial charge on any atom is 0.287 e. The van der Waals surface area contributed by atoms with Crippen LogP contribution in [0.15, 0.2) is 82.0 Å². The van der Waals surface area contributed by atoms with Gasteiger partial charge in [-0.05, 0) is 72.6 Å². The minimum Gasteiger partial charge on any atom is -0.451 e. The molecule has 3 amide bonds. The van der Waals surface area contributed by atoms with E-state index in [1.54, 1.807) is 29.2 Å². The van der Waals surface area contributed by atoms with Crippen LogP contribution in [0.1, 0.15) is 65.3 Å². The topological polar surface area (TPSA) is 99.9 Å². The molecule has 10 heteroatoms. The van der Waals surface area contributed by atoms with Gasteiger partial charge in [0.1, 0.15) is 11.6 Å². The standard InChI is InChI=1S/C36H35Cl2N3O5/c37-26-10-8-23(9-11-26)19-30(39-35(44)33-21-31(42)29-13-12-27(38)20-32(29)46-33)36(45)40-17-14-24(15-18-40)28-6-2-1-5-25(28)22-41-16-4-3-7-34(41)43/h1-2,5-6,8-13,20-21,24,30H,3-4,7,14-19,22H2,(H,39,44)/t30-/m1/s1. The summed E-state index contributed by atoms with van der Waals surface area (Å²) in [5, 5.41) is 4.08. The summed E-state index contributed by atoms with van der Waals surface area (Å²) >= 11 is 12.2. The highest BCUT2D eigenvalue weighted by Crippen LogP contribution is 2.32. The lowest BCUT2D eigenvalue weighted by Gasteiger charge is -2.36. The number of carbonyl (C=O) groups is 3. The molecule has 0 radical (unpaired) electrons. The molecule has 46 heavy (non-hydrogen) atoms. The van der Waals surface area contributed by atoms with Gasteiger partial charge in [0.15, 0.2) is 11.2 Å². The second-order valence-corrected chi connectivity index (χ2v) is 12.9. The van der Waals surface area contributed by atoms with Crippen LogP contribution in [0.25, 0.3) is 11.0 Å². The molecule has 2 fully saturated rings. The number of nitrogens with zero attached hydrogens (tertiary/aromatic N) is 2. The molecular weight excluding hydrogens is 625 g/mol. The fourth-order valence-corrected chi connectivity index (χ4v) is 6.76. The van der Waals surface area contributed by atoms with Gasteiger partial charge in [-0.15, -0.1) is 0 Å². The first-order chi connectivity index (χ1) is 22.2. The van der Waals surface area contributed by atoms with E-state index < -0.39 is 11.9 Å². The van der Waals surface area contributed by atoms with Crippen molar-refractivity contribution >= 4 is 51.9 Å². The maximum atomic E-state index is 14.0. The van der Waals surface area contributed by atoms with E-state index in [0.29, 0.717) is 41.5 Å². The number of amides is 3. The molecule has 1 atom stereocenters. The van der Waals surface area contributed by atoms with Gasteiger partial charge < -0.3 is 19.5 Å². The predicted octanol–water partition coefficient (Wildman–Crippen LogP) is 6.36. The predicted molar refractivity (Wildman–Crippen MR) is 178 cm³/mol. The minimum atomic E-state index is -0.900. The van der Waals surface area contributed by atoms with Crippen molar-refractivity contribution in [3.63, 3.8) is 0 Å². The van der Waals surface area contributed by atoms with Gasteiger partial charge in [0.25, 0.3) is 5.91 Å². The number of nitrogens with one attached hydrogen (secondary N) is 1. The number of fused-ring (bicyclic) bond motifs is 1. The van der Waals surface area contributed by atoms with Gasteiger partial charge in [0, 0.05) is 61.2 Å². The van der Waals surface area contributed by atoms with Gasteiger partial charge in [-0.3, -0.25) is 19.2 Å². The van der Waals surface area contributed by atoms with Crippen LogP contribution in [-0.2, 0) is 22.6 Å². The molecule has 0 unspecified atom stereocenters. The van der Waals surface area contributed by atoms with Crippen molar-refractivity contribution in [1.82, 2.24) is 15.1 Å². The average molecular weight is 661 g/mol. The first-order valence-corrected chi connectivity index (χ1v) is 16.4. The molecule has 6 rings (SSSR count). The summed E-state index contributed by atoms with van der Waals surface area (Å²) in [6.45, 7) is 2.45. The molecule has 238 valence electrons. The highest BCUT2D eigenvalue weighted by molar-refractivity contribution is 6.31. The van der Waals surface area contributed by atoms with Crippen molar-refractivity contribution in [1.29, 1.82) is 0 Å². The molecule has 1 N–H and O–H groups in total. The van der Waals surface area contributed by atoms with Crippen LogP contribution in [0.3, 0.4) is 0 Å². The van der Waals surface area contributed by atoms with Gasteiger partial charge in [-0.2, -0.15) is 0 Å². The summed E-state index contributed by atoms with van der Waals surface area (Å²) in [6.07, 6.45) is 4.35. The van der Waals surface area contributed by atoms with Gasteiger partial charge in [0.2, 0.25) is 11.8 Å². The van der Waals surface area contributed by atoms with Crippen LogP contribution in [0.5, 0.6) is 0 Å². The second kappa shape index (κ2) is 14.1. The van der Waals surface area contributed by atoms with Crippen molar-refractivity contribution in [3.05, 3.63) is 116 Å². The smallest absolute Gasteiger partial charge is 0.287 e. The van der Waals surface area contributed by atoms with Gasteiger partial charge in [0.05, 0.1) is 5.39 Å². The Bertz CT molecular complexity index is 1810. The fraction of sp³-hybridized carbons (Fsp3) is 0.333. The van der Waals surface area contributed by atoms with Crippen LogP contribution in [0.4, 0.5) is 0 Å². The molecule has 0 spiro atoms. The Hall–Kier alpha value is -4.14. The van der Waals surface area contributed by atoms with Crippen LogP contribution >= 0.6 is 23.2 Å². The van der Waals surface area contributed by atoms with E-state index >= 15 is 0 Å². The number of hydrogen-bond donors (Lipinski definition) is 1. The molecule has 0 aliphatic carbocycles. The van der Waals surface area contributed by atoms with E-state index in [-0.39, 0.29) is 40.9 Å². The minimum absolute atomic E-state index is 0.192. The first-order valence-electron chi connectivity index (χ1n) is 15.7. The van der Waals surface area contributed by atoms with Crippen LogP contribution < -0.4 is 10.7 Å². The van der Waals surface area contributed by atoms with Crippen LogP contribution in [-0.4, -0.2) is 53.2 Å². The molecule has 8 nitrogen and oxygen atoms in total. The lowest BCUT2D eigenvalue weighted by molar-refractivity contribution is -0.135. The summed E-state index contributed by atoms with van der Waals surface area (Å²) in [5.41, 5.74) is 3.03. The molecule has 2 aliphatic rings. The van der Waals surface area contributed by atoms with E-state index in [1.165, 1.54) is 11.6 Å². The number of carbonyl (C=O) groups excluding carboxylic acids is 3. The largest absolute Gasteiger partial charge is 0.451 e. The molecule has 3 aromatic carbocycles. The second-order valence-electron chi connectivity index (χ2n) is 12.0. The Balaban J connectivity index is 1.18. The lowest BCUT2D eigenvalue weighted by atomic mass is 9.86. The zero-order valence-corrected chi connectivity index (χ0v) is 26.9. The molecule has 1 aromatic heterocycles. The third-order valence-corrected chi connectivity index (χ3v) is 9.44. The van der Waals surface area contributed by atoms with Crippen molar-refractivity contribution in [3.8, 4) is 0 Å². The highest BCUT2D eigenvalue weighted by atomic mass is 35.5. The maximum absolute atomic E-state index is 14.0. The lowest BCUT2D eigenvalue weighted by Crippen LogP contribution is -2.51.